The lowest BCUT2D eigenvalue weighted by atomic mass is 9.98. The number of primary amides is 1. The Morgan fingerprint density at radius 1 is 1.55 bits per heavy atom. The van der Waals surface area contributed by atoms with Gasteiger partial charge in [-0.05, 0) is 12.8 Å². The molecule has 2 nitrogen and oxygen atoms in total. The second-order valence-electron chi connectivity index (χ2n) is 2.79. The maximum absolute atomic E-state index is 10.8. The Balaban J connectivity index is 3.99. The molecule has 1 unspecified atom stereocenters. The first-order valence-electron chi connectivity index (χ1n) is 4.05. The normalized spacial score (nSPS) is 15.9. The molecular weight excluding hydrogens is 162 g/mol. The number of nitrogens with two attached hydrogens (primary N) is 1. The minimum atomic E-state index is -0.796. The Labute approximate surface area is 73.1 Å². The molecule has 0 bridgehead atoms. The molecule has 0 rings (SSSR count). The fourth-order valence-electron chi connectivity index (χ4n) is 0.931. The van der Waals surface area contributed by atoms with Crippen LogP contribution in [-0.4, -0.2) is 10.8 Å². The van der Waals surface area contributed by atoms with Crippen molar-refractivity contribution in [1.29, 1.82) is 0 Å². The van der Waals surface area contributed by atoms with Crippen molar-refractivity contribution in [3.05, 3.63) is 0 Å². The van der Waals surface area contributed by atoms with Crippen LogP contribution >= 0.6 is 11.6 Å². The van der Waals surface area contributed by atoms with E-state index in [1.165, 1.54) is 0 Å². The Bertz CT molecular complexity index is 138. The smallest absolute Gasteiger partial charge is 0.238 e. The molecule has 0 saturated heterocycles. The van der Waals surface area contributed by atoms with Crippen molar-refractivity contribution >= 4 is 17.5 Å². The topological polar surface area (TPSA) is 43.1 Å². The van der Waals surface area contributed by atoms with E-state index in [0.29, 0.717) is 12.8 Å². The Kier molecular flexibility index (Phi) is 4.50. The fraction of sp³-hybridized carbons (Fsp3) is 0.875. The molecule has 0 heterocycles. The highest BCUT2D eigenvalue weighted by Gasteiger charge is 2.30. The summed E-state index contributed by atoms with van der Waals surface area (Å²) in [5.74, 6) is -0.393. The van der Waals surface area contributed by atoms with E-state index in [9.17, 15) is 4.79 Å². The number of amides is 1. The fourth-order valence-corrected chi connectivity index (χ4v) is 1.06. The molecule has 0 saturated carbocycles. The summed E-state index contributed by atoms with van der Waals surface area (Å²) in [4.78, 5) is 10.1. The number of alkyl halides is 1. The number of carbonyl (C=O) groups excluding carboxylic acids is 1. The van der Waals surface area contributed by atoms with Crippen LogP contribution in [-0.2, 0) is 4.79 Å². The van der Waals surface area contributed by atoms with Gasteiger partial charge >= 0.3 is 0 Å². The van der Waals surface area contributed by atoms with E-state index in [4.69, 9.17) is 17.3 Å². The molecule has 1 atom stereocenters. The van der Waals surface area contributed by atoms with Gasteiger partial charge in [0.1, 0.15) is 4.87 Å². The third-order valence-corrected chi connectivity index (χ3v) is 2.57. The number of unbranched alkanes of at least 4 members (excludes halogenated alkanes) is 1. The molecule has 0 aliphatic heterocycles. The van der Waals surface area contributed by atoms with Crippen molar-refractivity contribution in [2.24, 2.45) is 5.73 Å². The molecule has 0 aromatic carbocycles. The highest BCUT2D eigenvalue weighted by Crippen LogP contribution is 2.25. The molecule has 2 N–H and O–H groups in total. The van der Waals surface area contributed by atoms with Gasteiger partial charge in [0.15, 0.2) is 0 Å². The number of rotatable bonds is 5. The van der Waals surface area contributed by atoms with Gasteiger partial charge in [-0.1, -0.05) is 26.7 Å². The molecule has 11 heavy (non-hydrogen) atoms. The maximum Gasteiger partial charge on any atom is 0.238 e. The van der Waals surface area contributed by atoms with Gasteiger partial charge in [-0.25, -0.2) is 0 Å². The first kappa shape index (κ1) is 10.8. The van der Waals surface area contributed by atoms with Crippen molar-refractivity contribution in [2.45, 2.75) is 44.4 Å². The summed E-state index contributed by atoms with van der Waals surface area (Å²) in [5, 5.41) is 0. The van der Waals surface area contributed by atoms with Crippen LogP contribution in [0.25, 0.3) is 0 Å². The van der Waals surface area contributed by atoms with Crippen LogP contribution in [0.1, 0.15) is 39.5 Å². The standard InChI is InChI=1S/C8H16ClNO/c1-3-5-6-8(9,4-2)7(10)11/h3-6H2,1-2H3,(H2,10,11). The minimum Gasteiger partial charge on any atom is -0.368 e. The number of hydrogen-bond donors (Lipinski definition) is 1. The predicted octanol–water partition coefficient (Wildman–Crippen LogP) is 2.05. The van der Waals surface area contributed by atoms with Crippen LogP contribution in [0, 0.1) is 0 Å². The van der Waals surface area contributed by atoms with Crippen molar-refractivity contribution < 1.29 is 4.79 Å². The molecular formula is C8H16ClNO. The lowest BCUT2D eigenvalue weighted by Crippen LogP contribution is -2.37. The van der Waals surface area contributed by atoms with Crippen LogP contribution < -0.4 is 5.73 Å². The summed E-state index contributed by atoms with van der Waals surface area (Å²) < 4.78 is 0. The van der Waals surface area contributed by atoms with Crippen molar-refractivity contribution in [3.63, 3.8) is 0 Å². The van der Waals surface area contributed by atoms with E-state index in [1.54, 1.807) is 0 Å². The lowest BCUT2D eigenvalue weighted by molar-refractivity contribution is -0.120. The van der Waals surface area contributed by atoms with E-state index >= 15 is 0 Å². The van der Waals surface area contributed by atoms with E-state index in [0.717, 1.165) is 12.8 Å². The van der Waals surface area contributed by atoms with Gasteiger partial charge in [-0.15, -0.1) is 11.6 Å². The molecule has 0 aliphatic rings. The summed E-state index contributed by atoms with van der Waals surface area (Å²) in [6.45, 7) is 3.95. The molecule has 1 amide bonds. The van der Waals surface area contributed by atoms with Crippen LogP contribution in [0.3, 0.4) is 0 Å². The van der Waals surface area contributed by atoms with Crippen LogP contribution in [0.2, 0.25) is 0 Å². The molecule has 0 aromatic rings. The van der Waals surface area contributed by atoms with E-state index in [1.807, 2.05) is 6.92 Å². The van der Waals surface area contributed by atoms with Crippen molar-refractivity contribution in [1.82, 2.24) is 0 Å². The molecule has 0 aliphatic carbocycles. The summed E-state index contributed by atoms with van der Waals surface area (Å²) in [7, 11) is 0. The quantitative estimate of drug-likeness (QED) is 0.642. The van der Waals surface area contributed by atoms with E-state index < -0.39 is 10.8 Å². The Morgan fingerprint density at radius 3 is 2.36 bits per heavy atom. The Morgan fingerprint density at radius 2 is 2.09 bits per heavy atom. The minimum absolute atomic E-state index is 0.393. The second-order valence-corrected chi connectivity index (χ2v) is 3.51. The lowest BCUT2D eigenvalue weighted by Gasteiger charge is -2.20. The number of carbonyl (C=O) groups is 1. The monoisotopic (exact) mass is 177 g/mol. The van der Waals surface area contributed by atoms with Crippen LogP contribution in [0.4, 0.5) is 0 Å². The maximum atomic E-state index is 10.8. The third kappa shape index (κ3) is 3.10. The zero-order chi connectivity index (χ0) is 8.91. The molecule has 0 spiro atoms. The number of halogens is 1. The summed E-state index contributed by atoms with van der Waals surface area (Å²) >= 11 is 5.96. The average Bonchev–Trinajstić information content (AvgIpc) is 2.00. The summed E-state index contributed by atoms with van der Waals surface area (Å²) in [5.41, 5.74) is 5.15. The second kappa shape index (κ2) is 4.60. The molecule has 0 aromatic heterocycles. The van der Waals surface area contributed by atoms with E-state index in [2.05, 4.69) is 6.92 Å². The first-order chi connectivity index (χ1) is 5.06. The highest BCUT2D eigenvalue weighted by molar-refractivity contribution is 6.34. The third-order valence-electron chi connectivity index (χ3n) is 1.93. The average molecular weight is 178 g/mol. The Hall–Kier alpha value is -0.240. The van der Waals surface area contributed by atoms with Crippen molar-refractivity contribution in [3.8, 4) is 0 Å². The molecule has 0 radical (unpaired) electrons. The largest absolute Gasteiger partial charge is 0.368 e. The van der Waals surface area contributed by atoms with Crippen molar-refractivity contribution in [2.75, 3.05) is 0 Å². The zero-order valence-electron chi connectivity index (χ0n) is 7.19. The first-order valence-corrected chi connectivity index (χ1v) is 4.43. The zero-order valence-corrected chi connectivity index (χ0v) is 7.95. The van der Waals surface area contributed by atoms with Crippen LogP contribution in [0.15, 0.2) is 0 Å². The van der Waals surface area contributed by atoms with E-state index in [-0.39, 0.29) is 0 Å². The van der Waals surface area contributed by atoms with Gasteiger partial charge in [0, 0.05) is 0 Å². The van der Waals surface area contributed by atoms with Gasteiger partial charge in [0.05, 0.1) is 0 Å². The van der Waals surface area contributed by atoms with Gasteiger partial charge < -0.3 is 5.73 Å². The predicted molar refractivity (Wildman–Crippen MR) is 47.6 cm³/mol. The van der Waals surface area contributed by atoms with Gasteiger partial charge in [-0.2, -0.15) is 0 Å². The molecule has 66 valence electrons. The van der Waals surface area contributed by atoms with Gasteiger partial charge in [0.25, 0.3) is 0 Å². The molecule has 3 heteroatoms. The highest BCUT2D eigenvalue weighted by atomic mass is 35.5. The van der Waals surface area contributed by atoms with Gasteiger partial charge in [-0.3, -0.25) is 4.79 Å². The number of hydrogen-bond acceptors (Lipinski definition) is 1. The van der Waals surface area contributed by atoms with Crippen LogP contribution in [0.5, 0.6) is 0 Å². The SMILES string of the molecule is CCCCC(Cl)(CC)C(N)=O. The summed E-state index contributed by atoms with van der Waals surface area (Å²) in [6.07, 6.45) is 3.31. The molecule has 0 fully saturated rings. The summed E-state index contributed by atoms with van der Waals surface area (Å²) in [6, 6.07) is 0. The van der Waals surface area contributed by atoms with Gasteiger partial charge in [0.2, 0.25) is 5.91 Å².